The fraction of sp³-hybridized carbons (Fsp3) is 0.385. The molecule has 1 aromatic carbocycles. The van der Waals surface area contributed by atoms with Gasteiger partial charge < -0.3 is 30.5 Å². The van der Waals surface area contributed by atoms with Gasteiger partial charge in [0.1, 0.15) is 5.75 Å². The number of nitrogens with one attached hydrogen (secondary N) is 1. The largest absolute Gasteiger partial charge is 2.00 e. The SMILES string of the molecule is CC(=O)[O-].[Cu+2].[O-]c1ccc(O)cc1C=NCCNCCO. The Balaban J connectivity index is 0. The van der Waals surface area contributed by atoms with Crippen LogP contribution in [0.25, 0.3) is 0 Å². The summed E-state index contributed by atoms with van der Waals surface area (Å²) in [5, 5.41) is 40.8. The molecule has 0 aliphatic carbocycles. The van der Waals surface area contributed by atoms with Gasteiger partial charge in [0.2, 0.25) is 0 Å². The fourth-order valence-electron chi connectivity index (χ4n) is 1.15. The van der Waals surface area contributed by atoms with Crippen molar-refractivity contribution in [3.63, 3.8) is 0 Å². The molecule has 1 aromatic rings. The van der Waals surface area contributed by atoms with E-state index >= 15 is 0 Å². The second kappa shape index (κ2) is 13.4. The number of carboxylic acid groups (broad SMARTS) is 1. The molecular formula is C13H18CuN2O5. The van der Waals surface area contributed by atoms with Crippen LogP contribution in [-0.4, -0.2) is 48.6 Å². The zero-order valence-corrected chi connectivity index (χ0v) is 12.4. The van der Waals surface area contributed by atoms with Crippen LogP contribution < -0.4 is 15.5 Å². The van der Waals surface area contributed by atoms with Crippen LogP contribution in [0.5, 0.6) is 11.5 Å². The Bertz CT molecular complexity index is 437. The number of aliphatic hydroxyl groups is 1. The zero-order chi connectivity index (χ0) is 15.4. The summed E-state index contributed by atoms with van der Waals surface area (Å²) in [6, 6.07) is 4.04. The second-order valence-corrected chi connectivity index (χ2v) is 3.72. The first-order valence-electron chi connectivity index (χ1n) is 5.96. The molecule has 0 amide bonds. The number of hydrogen-bond donors (Lipinski definition) is 3. The number of aliphatic imine (C=N–C) groups is 1. The van der Waals surface area contributed by atoms with Crippen molar-refractivity contribution >= 4 is 12.2 Å². The smallest absolute Gasteiger partial charge is 0.872 e. The van der Waals surface area contributed by atoms with Crippen molar-refractivity contribution in [2.45, 2.75) is 6.92 Å². The van der Waals surface area contributed by atoms with Gasteiger partial charge in [0.05, 0.1) is 13.2 Å². The Morgan fingerprint density at radius 3 is 2.62 bits per heavy atom. The van der Waals surface area contributed by atoms with Crippen molar-refractivity contribution in [1.82, 2.24) is 5.32 Å². The molecule has 0 bridgehead atoms. The van der Waals surface area contributed by atoms with Gasteiger partial charge >= 0.3 is 17.1 Å². The number of aliphatic carboxylic acids is 1. The van der Waals surface area contributed by atoms with Crippen LogP contribution in [0.3, 0.4) is 0 Å². The molecule has 0 aromatic heterocycles. The van der Waals surface area contributed by atoms with E-state index < -0.39 is 5.97 Å². The number of rotatable bonds is 6. The number of carbonyl (C=O) groups excluding carboxylic acids is 1. The molecule has 0 saturated carbocycles. The Labute approximate surface area is 133 Å². The summed E-state index contributed by atoms with van der Waals surface area (Å²) >= 11 is 0. The number of aliphatic hydroxyl groups excluding tert-OH is 1. The third kappa shape index (κ3) is 13.1. The number of phenols is 1. The van der Waals surface area contributed by atoms with Crippen molar-refractivity contribution in [2.24, 2.45) is 4.99 Å². The maximum absolute atomic E-state index is 11.3. The van der Waals surface area contributed by atoms with E-state index in [4.69, 9.17) is 20.1 Å². The number of nitrogens with zero attached hydrogens (tertiary/aromatic N) is 1. The minimum Gasteiger partial charge on any atom is -0.872 e. The van der Waals surface area contributed by atoms with Gasteiger partial charge in [-0.2, -0.15) is 0 Å². The van der Waals surface area contributed by atoms with Gasteiger partial charge in [0.15, 0.2) is 0 Å². The Hall–Kier alpha value is -1.60. The molecule has 8 heteroatoms. The molecule has 0 spiro atoms. The van der Waals surface area contributed by atoms with Crippen LogP contribution in [0.2, 0.25) is 0 Å². The van der Waals surface area contributed by atoms with Crippen molar-refractivity contribution in [2.75, 3.05) is 26.2 Å². The second-order valence-electron chi connectivity index (χ2n) is 3.72. The third-order valence-corrected chi connectivity index (χ3v) is 1.93. The average molecular weight is 346 g/mol. The van der Waals surface area contributed by atoms with Gasteiger partial charge in [-0.3, -0.25) is 4.99 Å². The van der Waals surface area contributed by atoms with Crippen LogP contribution >= 0.6 is 0 Å². The van der Waals surface area contributed by atoms with Gasteiger partial charge in [-0.25, -0.2) is 0 Å². The minimum absolute atomic E-state index is 0. The first-order chi connectivity index (χ1) is 9.47. The minimum atomic E-state index is -1.08. The molecule has 7 nitrogen and oxygen atoms in total. The summed E-state index contributed by atoms with van der Waals surface area (Å²) < 4.78 is 0. The van der Waals surface area contributed by atoms with E-state index in [0.29, 0.717) is 25.2 Å². The molecule has 0 saturated heterocycles. The summed E-state index contributed by atoms with van der Waals surface area (Å²) in [7, 11) is 0. The van der Waals surface area contributed by atoms with Gasteiger partial charge in [-0.05, 0) is 24.6 Å². The number of carboxylic acids is 1. The molecule has 0 aliphatic rings. The maximum atomic E-state index is 11.3. The van der Waals surface area contributed by atoms with Crippen LogP contribution in [0.15, 0.2) is 23.2 Å². The van der Waals surface area contributed by atoms with Crippen LogP contribution in [0.1, 0.15) is 12.5 Å². The van der Waals surface area contributed by atoms with E-state index in [1.807, 2.05) is 0 Å². The monoisotopic (exact) mass is 345 g/mol. The van der Waals surface area contributed by atoms with E-state index in [1.165, 1.54) is 24.4 Å². The van der Waals surface area contributed by atoms with Gasteiger partial charge in [-0.15, -0.1) is 0 Å². The predicted octanol–water partition coefficient (Wildman–Crippen LogP) is -1.78. The first kappa shape index (κ1) is 21.7. The third-order valence-electron chi connectivity index (χ3n) is 1.93. The molecular weight excluding hydrogens is 328 g/mol. The molecule has 0 heterocycles. The molecule has 1 radical (unpaired) electrons. The molecule has 1 rings (SSSR count). The fourth-order valence-corrected chi connectivity index (χ4v) is 1.15. The molecule has 0 fully saturated rings. The molecule has 3 N–H and O–H groups in total. The number of carbonyl (C=O) groups is 1. The number of benzene rings is 1. The Morgan fingerprint density at radius 2 is 2.05 bits per heavy atom. The van der Waals surface area contributed by atoms with E-state index in [-0.39, 0.29) is 35.2 Å². The summed E-state index contributed by atoms with van der Waals surface area (Å²) in [6.07, 6.45) is 1.45. The summed E-state index contributed by atoms with van der Waals surface area (Å²) in [5.74, 6) is -1.19. The van der Waals surface area contributed by atoms with Crippen molar-refractivity contribution < 1.29 is 42.3 Å². The van der Waals surface area contributed by atoms with E-state index in [0.717, 1.165) is 6.92 Å². The van der Waals surface area contributed by atoms with Crippen molar-refractivity contribution in [1.29, 1.82) is 0 Å². The van der Waals surface area contributed by atoms with Gasteiger partial charge in [-0.1, -0.05) is 11.8 Å². The van der Waals surface area contributed by atoms with Crippen molar-refractivity contribution in [3.05, 3.63) is 23.8 Å². The van der Waals surface area contributed by atoms with Crippen LogP contribution in [0, 0.1) is 0 Å². The number of hydrogen-bond acceptors (Lipinski definition) is 7. The van der Waals surface area contributed by atoms with Gasteiger partial charge in [0.25, 0.3) is 0 Å². The molecule has 121 valence electrons. The normalized spacial score (nSPS) is 9.62. The Kier molecular flexibility index (Phi) is 13.8. The van der Waals surface area contributed by atoms with Crippen LogP contribution in [-0.2, 0) is 21.9 Å². The Morgan fingerprint density at radius 1 is 1.43 bits per heavy atom. The molecule has 21 heavy (non-hydrogen) atoms. The average Bonchev–Trinajstić information content (AvgIpc) is 2.37. The number of aromatic hydroxyl groups is 1. The van der Waals surface area contributed by atoms with E-state index in [2.05, 4.69) is 10.3 Å². The topological polar surface area (TPSA) is 128 Å². The maximum Gasteiger partial charge on any atom is 2.00 e. The molecule has 0 atom stereocenters. The van der Waals surface area contributed by atoms with Gasteiger partial charge in [0, 0.05) is 25.3 Å². The zero-order valence-electron chi connectivity index (χ0n) is 11.5. The quantitative estimate of drug-likeness (QED) is 0.318. The summed E-state index contributed by atoms with van der Waals surface area (Å²) in [5.41, 5.74) is 0.377. The standard InChI is InChI=1S/C11H16N2O3.C2H4O2.Cu/c14-6-5-12-3-4-13-8-9-7-10(15)1-2-11(9)16;1-2(3)4;/h1-2,7-8,12,14-16H,3-6H2;1H3,(H,3,4);/q;;+2/p-2. The summed E-state index contributed by atoms with van der Waals surface area (Å²) in [4.78, 5) is 12.9. The predicted molar refractivity (Wildman–Crippen MR) is 70.7 cm³/mol. The summed E-state index contributed by atoms with van der Waals surface area (Å²) in [6.45, 7) is 2.77. The van der Waals surface area contributed by atoms with Crippen molar-refractivity contribution in [3.8, 4) is 11.5 Å². The molecule has 0 unspecified atom stereocenters. The first-order valence-corrected chi connectivity index (χ1v) is 5.96. The number of phenolic OH excluding ortho intramolecular Hbond substituents is 1. The van der Waals surface area contributed by atoms with Crippen LogP contribution in [0.4, 0.5) is 0 Å². The van der Waals surface area contributed by atoms with E-state index in [9.17, 15) is 5.11 Å². The van der Waals surface area contributed by atoms with E-state index in [1.54, 1.807) is 0 Å². The molecule has 0 aliphatic heterocycles.